The average Bonchev–Trinajstić information content (AvgIpc) is 2.98. The second-order valence-electron chi connectivity index (χ2n) is 3.58. The number of hydrogen-bond donors (Lipinski definition) is 2. The lowest BCUT2D eigenvalue weighted by Crippen LogP contribution is -2.32. The SMILES string of the molecule is NC(CSCc1coc(-c2cccs2)n1)C(=O)O. The Labute approximate surface area is 112 Å². The van der Waals surface area contributed by atoms with Gasteiger partial charge < -0.3 is 15.3 Å². The summed E-state index contributed by atoms with van der Waals surface area (Å²) in [5.41, 5.74) is 6.19. The van der Waals surface area contributed by atoms with Crippen molar-refractivity contribution in [2.75, 3.05) is 5.75 Å². The average molecular weight is 284 g/mol. The maximum absolute atomic E-state index is 10.5. The molecule has 0 saturated heterocycles. The van der Waals surface area contributed by atoms with Crippen LogP contribution in [0.25, 0.3) is 10.8 Å². The molecule has 0 saturated carbocycles. The van der Waals surface area contributed by atoms with Gasteiger partial charge in [-0.25, -0.2) is 4.98 Å². The topological polar surface area (TPSA) is 89.4 Å². The summed E-state index contributed by atoms with van der Waals surface area (Å²) >= 11 is 2.99. The van der Waals surface area contributed by atoms with E-state index in [0.29, 0.717) is 17.4 Å². The molecule has 0 radical (unpaired) electrons. The number of nitrogens with two attached hydrogens (primary N) is 1. The maximum atomic E-state index is 10.5. The van der Waals surface area contributed by atoms with Gasteiger partial charge in [-0.05, 0) is 11.4 Å². The third-order valence-corrected chi connectivity index (χ3v) is 4.10. The molecule has 0 aliphatic rings. The van der Waals surface area contributed by atoms with Gasteiger partial charge in [0.2, 0.25) is 5.89 Å². The molecule has 18 heavy (non-hydrogen) atoms. The van der Waals surface area contributed by atoms with Gasteiger partial charge in [-0.3, -0.25) is 4.79 Å². The molecule has 0 bridgehead atoms. The third kappa shape index (κ3) is 3.34. The number of oxazole rings is 1. The molecule has 5 nitrogen and oxygen atoms in total. The van der Waals surface area contributed by atoms with E-state index in [2.05, 4.69) is 4.98 Å². The minimum Gasteiger partial charge on any atom is -0.480 e. The minimum atomic E-state index is -0.984. The molecule has 3 N–H and O–H groups in total. The van der Waals surface area contributed by atoms with Crippen LogP contribution in [0.2, 0.25) is 0 Å². The number of carboxylic acid groups (broad SMARTS) is 1. The predicted octanol–water partition coefficient (Wildman–Crippen LogP) is 2.05. The first kappa shape index (κ1) is 13.1. The first-order chi connectivity index (χ1) is 8.66. The molecule has 0 aromatic carbocycles. The van der Waals surface area contributed by atoms with Gasteiger partial charge >= 0.3 is 5.97 Å². The highest BCUT2D eigenvalue weighted by Crippen LogP contribution is 2.24. The van der Waals surface area contributed by atoms with Crippen LogP contribution in [0, 0.1) is 0 Å². The van der Waals surface area contributed by atoms with Crippen molar-refractivity contribution in [1.29, 1.82) is 0 Å². The van der Waals surface area contributed by atoms with Crippen molar-refractivity contribution in [2.45, 2.75) is 11.8 Å². The summed E-state index contributed by atoms with van der Waals surface area (Å²) < 4.78 is 5.35. The van der Waals surface area contributed by atoms with Crippen LogP contribution in [0.3, 0.4) is 0 Å². The molecule has 1 unspecified atom stereocenters. The summed E-state index contributed by atoms with van der Waals surface area (Å²) in [5, 5.41) is 10.6. The van der Waals surface area contributed by atoms with Crippen LogP contribution in [-0.2, 0) is 10.5 Å². The highest BCUT2D eigenvalue weighted by atomic mass is 32.2. The largest absolute Gasteiger partial charge is 0.480 e. The maximum Gasteiger partial charge on any atom is 0.321 e. The lowest BCUT2D eigenvalue weighted by Gasteiger charge is -2.03. The zero-order valence-corrected chi connectivity index (χ0v) is 11.0. The summed E-state index contributed by atoms with van der Waals surface area (Å²) in [4.78, 5) is 15.8. The molecule has 96 valence electrons. The molecule has 0 amide bonds. The van der Waals surface area contributed by atoms with Gasteiger partial charge in [0, 0.05) is 11.5 Å². The van der Waals surface area contributed by atoms with E-state index in [1.165, 1.54) is 11.8 Å². The van der Waals surface area contributed by atoms with Gasteiger partial charge in [-0.15, -0.1) is 11.3 Å². The second kappa shape index (κ2) is 6.03. The fourth-order valence-electron chi connectivity index (χ4n) is 1.25. The molecule has 2 rings (SSSR count). The Kier molecular flexibility index (Phi) is 4.40. The number of carboxylic acids is 1. The third-order valence-electron chi connectivity index (χ3n) is 2.15. The van der Waals surface area contributed by atoms with Crippen LogP contribution >= 0.6 is 23.1 Å². The van der Waals surface area contributed by atoms with Gasteiger partial charge in [0.15, 0.2) is 0 Å². The summed E-state index contributed by atoms with van der Waals surface area (Å²) in [6.07, 6.45) is 1.59. The fourth-order valence-corrected chi connectivity index (χ4v) is 2.76. The Balaban J connectivity index is 1.86. The van der Waals surface area contributed by atoms with Gasteiger partial charge in [0.05, 0.1) is 10.6 Å². The Morgan fingerprint density at radius 1 is 1.67 bits per heavy atom. The van der Waals surface area contributed by atoms with Crippen LogP contribution in [0.1, 0.15) is 5.69 Å². The quantitative estimate of drug-likeness (QED) is 0.844. The number of aliphatic carboxylic acids is 1. The molecule has 0 spiro atoms. The number of nitrogens with zero attached hydrogens (tertiary/aromatic N) is 1. The van der Waals surface area contributed by atoms with Crippen LogP contribution < -0.4 is 5.73 Å². The van der Waals surface area contributed by atoms with E-state index in [1.54, 1.807) is 17.6 Å². The minimum absolute atomic E-state index is 0.358. The van der Waals surface area contributed by atoms with Gasteiger partial charge in [0.1, 0.15) is 12.3 Å². The number of thioether (sulfide) groups is 1. The molecule has 0 aliphatic heterocycles. The lowest BCUT2D eigenvalue weighted by molar-refractivity contribution is -0.137. The van der Waals surface area contributed by atoms with Crippen molar-refractivity contribution < 1.29 is 14.3 Å². The van der Waals surface area contributed by atoms with Crippen molar-refractivity contribution in [3.05, 3.63) is 29.5 Å². The van der Waals surface area contributed by atoms with Gasteiger partial charge in [-0.1, -0.05) is 6.07 Å². The van der Waals surface area contributed by atoms with Gasteiger partial charge in [-0.2, -0.15) is 11.8 Å². The normalized spacial score (nSPS) is 12.5. The smallest absolute Gasteiger partial charge is 0.321 e. The summed E-state index contributed by atoms with van der Waals surface area (Å²) in [7, 11) is 0. The zero-order chi connectivity index (χ0) is 13.0. The molecule has 2 aromatic rings. The molecule has 2 aromatic heterocycles. The van der Waals surface area contributed by atoms with E-state index in [4.69, 9.17) is 15.3 Å². The monoisotopic (exact) mass is 284 g/mol. The van der Waals surface area contributed by atoms with Crippen LogP contribution in [-0.4, -0.2) is 27.9 Å². The molecule has 2 heterocycles. The van der Waals surface area contributed by atoms with Crippen molar-refractivity contribution in [2.24, 2.45) is 5.73 Å². The highest BCUT2D eigenvalue weighted by molar-refractivity contribution is 7.98. The molecular formula is C11H12N2O3S2. The number of aromatic nitrogens is 1. The van der Waals surface area contributed by atoms with Crippen molar-refractivity contribution in [1.82, 2.24) is 4.98 Å². The highest BCUT2D eigenvalue weighted by Gasteiger charge is 2.12. The zero-order valence-electron chi connectivity index (χ0n) is 9.41. The fraction of sp³-hybridized carbons (Fsp3) is 0.273. The van der Waals surface area contributed by atoms with Crippen LogP contribution in [0.4, 0.5) is 0 Å². The lowest BCUT2D eigenvalue weighted by atomic mass is 10.4. The van der Waals surface area contributed by atoms with E-state index < -0.39 is 12.0 Å². The van der Waals surface area contributed by atoms with Crippen LogP contribution in [0.15, 0.2) is 28.2 Å². The number of hydrogen-bond acceptors (Lipinski definition) is 6. The predicted molar refractivity (Wildman–Crippen MR) is 71.6 cm³/mol. The number of thiophene rings is 1. The van der Waals surface area contributed by atoms with E-state index in [1.807, 2.05) is 17.5 Å². The van der Waals surface area contributed by atoms with E-state index in [0.717, 1.165) is 10.6 Å². The standard InChI is InChI=1S/C11H12N2O3S2/c12-8(11(14)15)6-17-5-7-4-16-10(13-7)9-2-1-3-18-9/h1-4,8H,5-6,12H2,(H,14,15). The second-order valence-corrected chi connectivity index (χ2v) is 5.56. The first-order valence-electron chi connectivity index (χ1n) is 5.21. The molecule has 0 fully saturated rings. The van der Waals surface area contributed by atoms with E-state index in [9.17, 15) is 4.79 Å². The Hall–Kier alpha value is -1.31. The molecule has 1 atom stereocenters. The number of carbonyl (C=O) groups is 1. The van der Waals surface area contributed by atoms with Crippen molar-refractivity contribution >= 4 is 29.1 Å². The Morgan fingerprint density at radius 2 is 2.50 bits per heavy atom. The Morgan fingerprint density at radius 3 is 3.17 bits per heavy atom. The molecule has 7 heteroatoms. The molecule has 0 aliphatic carbocycles. The first-order valence-corrected chi connectivity index (χ1v) is 7.24. The van der Waals surface area contributed by atoms with E-state index in [-0.39, 0.29) is 0 Å². The van der Waals surface area contributed by atoms with Crippen molar-refractivity contribution in [3.8, 4) is 10.8 Å². The summed E-state index contributed by atoms with van der Waals surface area (Å²) in [6.45, 7) is 0. The number of rotatable bonds is 6. The Bertz CT molecular complexity index is 510. The molecular weight excluding hydrogens is 272 g/mol. The van der Waals surface area contributed by atoms with E-state index >= 15 is 0 Å². The summed E-state index contributed by atoms with van der Waals surface area (Å²) in [5.74, 6) is 0.567. The van der Waals surface area contributed by atoms with Crippen molar-refractivity contribution in [3.63, 3.8) is 0 Å². The van der Waals surface area contributed by atoms with Gasteiger partial charge in [0.25, 0.3) is 0 Å². The summed E-state index contributed by atoms with van der Waals surface area (Å²) in [6, 6.07) is 3.04. The van der Waals surface area contributed by atoms with Crippen LogP contribution in [0.5, 0.6) is 0 Å².